The van der Waals surface area contributed by atoms with Crippen LogP contribution >= 0.6 is 0 Å². The Kier molecular flexibility index (Phi) is 8.15. The van der Waals surface area contributed by atoms with Gasteiger partial charge >= 0.3 is 42.5 Å². The lowest BCUT2D eigenvalue weighted by molar-refractivity contribution is -0.542. The normalized spacial score (nSPS) is 14.5. The fraction of sp³-hybridized carbons (Fsp3) is 0.444. The summed E-state index contributed by atoms with van der Waals surface area (Å²) in [5.41, 5.74) is 0.290. The van der Waals surface area contributed by atoms with E-state index in [1.165, 1.54) is 30.6 Å². The van der Waals surface area contributed by atoms with Gasteiger partial charge in [0.05, 0.1) is 0 Å². The van der Waals surface area contributed by atoms with Gasteiger partial charge in [-0.3, -0.25) is 0 Å². The summed E-state index contributed by atoms with van der Waals surface area (Å²) in [7, 11) is 0. The summed E-state index contributed by atoms with van der Waals surface area (Å²) < 4.78 is 203. The number of hydrogen-bond acceptors (Lipinski definition) is 5. The molecule has 0 aliphatic carbocycles. The van der Waals surface area contributed by atoms with Crippen LogP contribution in [0.5, 0.6) is 5.75 Å². The van der Waals surface area contributed by atoms with Crippen LogP contribution in [-0.2, 0) is 9.47 Å². The standard InChI is InChI=1S/C18H9F15N2O3/c19-12(20,8-36-10-4-2-9(3-5-10)11-34-6-1-7-35-11)37-17(30,31)18(32,33)38-16(28,29)14(23,24)13(21,22)15(25,26)27/h1-7H,8H2. The zero-order chi connectivity index (χ0) is 29.4. The molecule has 0 amide bonds. The Balaban J connectivity index is 2.13. The van der Waals surface area contributed by atoms with Crippen molar-refractivity contribution in [1.29, 1.82) is 0 Å². The number of hydrogen-bond donors (Lipinski definition) is 0. The van der Waals surface area contributed by atoms with Gasteiger partial charge in [-0.15, -0.1) is 0 Å². The van der Waals surface area contributed by atoms with Crippen molar-refractivity contribution in [1.82, 2.24) is 9.97 Å². The maximum absolute atomic E-state index is 13.7. The molecule has 0 aliphatic heterocycles. The van der Waals surface area contributed by atoms with E-state index >= 15 is 0 Å². The second-order valence-corrected chi connectivity index (χ2v) is 6.92. The molecule has 0 saturated heterocycles. The lowest BCUT2D eigenvalue weighted by Crippen LogP contribution is -2.64. The Bertz CT molecular complexity index is 1080. The molecule has 1 heterocycles. The average Bonchev–Trinajstić information content (AvgIpc) is 2.76. The quantitative estimate of drug-likeness (QED) is 0.273. The predicted molar refractivity (Wildman–Crippen MR) is 90.9 cm³/mol. The molecule has 2 rings (SSSR count). The molecule has 0 unspecified atom stereocenters. The van der Waals surface area contributed by atoms with Crippen LogP contribution in [0.25, 0.3) is 11.4 Å². The minimum atomic E-state index is -7.92. The summed E-state index contributed by atoms with van der Waals surface area (Å²) in [6.07, 6.45) is -32.4. The molecule has 0 spiro atoms. The third-order valence-electron chi connectivity index (χ3n) is 4.07. The van der Waals surface area contributed by atoms with Gasteiger partial charge in [0, 0.05) is 18.0 Å². The second kappa shape index (κ2) is 9.93. The largest absolute Gasteiger partial charge is 0.484 e. The molecule has 1 aromatic carbocycles. The number of rotatable bonds is 11. The van der Waals surface area contributed by atoms with Crippen molar-refractivity contribution in [2.45, 2.75) is 42.5 Å². The number of ether oxygens (including phenoxy) is 3. The monoisotopic (exact) mass is 586 g/mol. The van der Waals surface area contributed by atoms with Crippen LogP contribution in [0.4, 0.5) is 65.9 Å². The van der Waals surface area contributed by atoms with Gasteiger partial charge < -0.3 is 4.74 Å². The molecule has 0 N–H and O–H groups in total. The van der Waals surface area contributed by atoms with E-state index in [4.69, 9.17) is 0 Å². The van der Waals surface area contributed by atoms with Crippen molar-refractivity contribution in [3.05, 3.63) is 42.7 Å². The molecule has 1 aromatic heterocycles. The van der Waals surface area contributed by atoms with Crippen molar-refractivity contribution < 1.29 is 80.1 Å². The van der Waals surface area contributed by atoms with E-state index < -0.39 is 54.8 Å². The fourth-order valence-corrected chi connectivity index (χ4v) is 2.24. The summed E-state index contributed by atoms with van der Waals surface area (Å²) in [5, 5.41) is 0. The van der Waals surface area contributed by atoms with Gasteiger partial charge in [-0.1, -0.05) is 0 Å². The molecular formula is C18H9F15N2O3. The molecule has 20 heteroatoms. The minimum Gasteiger partial charge on any atom is -0.484 e. The molecular weight excluding hydrogens is 577 g/mol. The van der Waals surface area contributed by atoms with E-state index in [9.17, 15) is 65.9 Å². The second-order valence-electron chi connectivity index (χ2n) is 6.92. The topological polar surface area (TPSA) is 53.5 Å². The predicted octanol–water partition coefficient (Wildman–Crippen LogP) is 6.76. The SMILES string of the molecule is FC(F)(COc1ccc(-c2ncccn2)cc1)OC(F)(F)C(F)(F)OC(F)(F)C(F)(F)C(F)(F)C(F)(F)F. The van der Waals surface area contributed by atoms with E-state index in [2.05, 4.69) is 19.4 Å². The van der Waals surface area contributed by atoms with Crippen LogP contribution in [0.15, 0.2) is 42.7 Å². The van der Waals surface area contributed by atoms with Crippen molar-refractivity contribution in [2.24, 2.45) is 0 Å². The molecule has 0 radical (unpaired) electrons. The van der Waals surface area contributed by atoms with Gasteiger partial charge in [0.1, 0.15) is 5.75 Å². The molecule has 0 fully saturated rings. The van der Waals surface area contributed by atoms with Crippen LogP contribution in [-0.4, -0.2) is 59.0 Å². The zero-order valence-corrected chi connectivity index (χ0v) is 17.5. The fourth-order valence-electron chi connectivity index (χ4n) is 2.24. The Morgan fingerprint density at radius 1 is 0.579 bits per heavy atom. The average molecular weight is 586 g/mol. The first-order chi connectivity index (χ1) is 17.0. The van der Waals surface area contributed by atoms with Gasteiger partial charge in [0.15, 0.2) is 12.4 Å². The molecule has 214 valence electrons. The molecule has 0 aliphatic rings. The van der Waals surface area contributed by atoms with Gasteiger partial charge in [0.2, 0.25) is 0 Å². The first-order valence-corrected chi connectivity index (χ1v) is 9.20. The van der Waals surface area contributed by atoms with E-state index in [1.807, 2.05) is 0 Å². The minimum absolute atomic E-state index is 0.143. The molecule has 0 saturated carbocycles. The van der Waals surface area contributed by atoms with Crippen molar-refractivity contribution in [3.8, 4) is 17.1 Å². The first-order valence-electron chi connectivity index (χ1n) is 9.20. The molecule has 5 nitrogen and oxygen atoms in total. The third kappa shape index (κ3) is 6.33. The Morgan fingerprint density at radius 2 is 1.05 bits per heavy atom. The molecule has 38 heavy (non-hydrogen) atoms. The molecule has 0 bridgehead atoms. The van der Waals surface area contributed by atoms with Crippen LogP contribution < -0.4 is 4.74 Å². The van der Waals surface area contributed by atoms with Gasteiger partial charge in [-0.2, -0.15) is 65.9 Å². The Morgan fingerprint density at radius 3 is 1.53 bits per heavy atom. The summed E-state index contributed by atoms with van der Waals surface area (Å²) in [6.45, 7) is -2.35. The summed E-state index contributed by atoms with van der Waals surface area (Å²) >= 11 is 0. The number of aromatic nitrogens is 2. The van der Waals surface area contributed by atoms with Gasteiger partial charge in [0.25, 0.3) is 0 Å². The Hall–Kier alpha value is -3.03. The highest BCUT2D eigenvalue weighted by Gasteiger charge is 2.85. The highest BCUT2D eigenvalue weighted by atomic mass is 19.4. The van der Waals surface area contributed by atoms with Crippen LogP contribution in [0.1, 0.15) is 0 Å². The third-order valence-corrected chi connectivity index (χ3v) is 4.07. The molecule has 2 aromatic rings. The maximum atomic E-state index is 13.7. The summed E-state index contributed by atoms with van der Waals surface area (Å²) in [5.74, 6) is -16.1. The van der Waals surface area contributed by atoms with Gasteiger partial charge in [-0.25, -0.2) is 19.4 Å². The highest BCUT2D eigenvalue weighted by molar-refractivity contribution is 5.55. The number of halogens is 15. The smallest absolute Gasteiger partial charge is 0.460 e. The maximum Gasteiger partial charge on any atom is 0.460 e. The highest BCUT2D eigenvalue weighted by Crippen LogP contribution is 2.55. The zero-order valence-electron chi connectivity index (χ0n) is 17.5. The Labute approximate surface area is 200 Å². The number of nitrogens with zero attached hydrogens (tertiary/aromatic N) is 2. The van der Waals surface area contributed by atoms with Crippen LogP contribution in [0.2, 0.25) is 0 Å². The van der Waals surface area contributed by atoms with Crippen LogP contribution in [0.3, 0.4) is 0 Å². The van der Waals surface area contributed by atoms with Crippen LogP contribution in [0, 0.1) is 0 Å². The lowest BCUT2D eigenvalue weighted by atomic mass is 10.1. The number of benzene rings is 1. The van der Waals surface area contributed by atoms with Crippen molar-refractivity contribution >= 4 is 0 Å². The van der Waals surface area contributed by atoms with Crippen molar-refractivity contribution in [2.75, 3.05) is 6.61 Å². The van der Waals surface area contributed by atoms with E-state index in [0.29, 0.717) is 0 Å². The number of alkyl halides is 15. The first kappa shape index (κ1) is 31.2. The van der Waals surface area contributed by atoms with E-state index in [0.717, 1.165) is 12.1 Å². The lowest BCUT2D eigenvalue weighted by Gasteiger charge is -2.36. The van der Waals surface area contributed by atoms with Gasteiger partial charge in [-0.05, 0) is 30.3 Å². The van der Waals surface area contributed by atoms with Crippen molar-refractivity contribution in [3.63, 3.8) is 0 Å². The summed E-state index contributed by atoms with van der Waals surface area (Å²) in [6, 6.07) is 5.65. The molecule has 0 atom stereocenters. The van der Waals surface area contributed by atoms with E-state index in [-0.39, 0.29) is 11.4 Å². The summed E-state index contributed by atoms with van der Waals surface area (Å²) in [4.78, 5) is 7.67. The van der Waals surface area contributed by atoms with E-state index in [1.54, 1.807) is 4.74 Å².